The van der Waals surface area contributed by atoms with E-state index in [1.54, 1.807) is 12.3 Å². The number of rotatable bonds is 6. The number of carbonyl (C=O) groups excluding carboxylic acids is 1. The van der Waals surface area contributed by atoms with Gasteiger partial charge < -0.3 is 10.4 Å². The second kappa shape index (κ2) is 7.99. The molecule has 1 aliphatic rings. The van der Waals surface area contributed by atoms with Crippen molar-refractivity contribution >= 4 is 5.78 Å². The highest BCUT2D eigenvalue weighted by atomic mass is 16.3. The number of allylic oxidation sites excluding steroid dienone is 1. The smallest absolute Gasteiger partial charge is 0.160 e. The predicted octanol–water partition coefficient (Wildman–Crippen LogP) is 3.36. The van der Waals surface area contributed by atoms with E-state index in [0.717, 1.165) is 18.4 Å². The van der Waals surface area contributed by atoms with Crippen LogP contribution in [0.2, 0.25) is 0 Å². The van der Waals surface area contributed by atoms with Crippen LogP contribution in [0.4, 0.5) is 0 Å². The predicted molar refractivity (Wildman–Crippen MR) is 84.7 cm³/mol. The summed E-state index contributed by atoms with van der Waals surface area (Å²) in [6, 6.07) is 9.42. The summed E-state index contributed by atoms with van der Waals surface area (Å²) in [4.78, 5) is 12.0. The van der Waals surface area contributed by atoms with E-state index in [2.05, 4.69) is 5.32 Å². The number of carbonyl (C=O) groups is 1. The molecule has 1 aliphatic carbocycles. The third kappa shape index (κ3) is 4.71. The molecule has 2 atom stereocenters. The molecule has 0 aromatic heterocycles. The van der Waals surface area contributed by atoms with Crippen molar-refractivity contribution in [3.8, 4) is 0 Å². The average molecular weight is 287 g/mol. The van der Waals surface area contributed by atoms with Gasteiger partial charge in [0.1, 0.15) is 0 Å². The van der Waals surface area contributed by atoms with Crippen molar-refractivity contribution < 1.29 is 9.90 Å². The zero-order chi connectivity index (χ0) is 15.1. The molecule has 0 amide bonds. The molecular weight excluding hydrogens is 262 g/mol. The van der Waals surface area contributed by atoms with Crippen LogP contribution in [0.3, 0.4) is 0 Å². The van der Waals surface area contributed by atoms with Gasteiger partial charge in [0.05, 0.1) is 12.1 Å². The van der Waals surface area contributed by atoms with E-state index in [9.17, 15) is 9.90 Å². The molecule has 1 aromatic carbocycles. The van der Waals surface area contributed by atoms with Crippen LogP contribution in [-0.2, 0) is 4.79 Å². The molecule has 0 spiro atoms. The second-order valence-corrected chi connectivity index (χ2v) is 5.88. The Bertz CT molecular complexity index is 463. The first-order valence-corrected chi connectivity index (χ1v) is 7.88. The zero-order valence-electron chi connectivity index (χ0n) is 12.7. The highest BCUT2D eigenvalue weighted by Crippen LogP contribution is 2.24. The summed E-state index contributed by atoms with van der Waals surface area (Å²) in [5, 5.41) is 13.3. The molecular formula is C18H25NO2. The van der Waals surface area contributed by atoms with Crippen molar-refractivity contribution in [1.82, 2.24) is 5.32 Å². The van der Waals surface area contributed by atoms with E-state index in [1.165, 1.54) is 19.3 Å². The van der Waals surface area contributed by atoms with Crippen molar-refractivity contribution in [3.05, 3.63) is 48.2 Å². The van der Waals surface area contributed by atoms with Gasteiger partial charge in [-0.2, -0.15) is 0 Å². The maximum atomic E-state index is 12.0. The highest BCUT2D eigenvalue weighted by Gasteiger charge is 2.19. The lowest BCUT2D eigenvalue weighted by atomic mass is 9.86. The van der Waals surface area contributed by atoms with Crippen LogP contribution in [-0.4, -0.2) is 16.9 Å². The van der Waals surface area contributed by atoms with Crippen LogP contribution >= 0.6 is 0 Å². The summed E-state index contributed by atoms with van der Waals surface area (Å²) in [6.45, 7) is 1.91. The first-order chi connectivity index (χ1) is 10.2. The third-order valence-electron chi connectivity index (χ3n) is 4.23. The normalized spacial score (nSPS) is 19.3. The van der Waals surface area contributed by atoms with Crippen molar-refractivity contribution in [2.45, 2.75) is 51.2 Å². The molecule has 1 aromatic rings. The van der Waals surface area contributed by atoms with Gasteiger partial charge in [-0.1, -0.05) is 49.6 Å². The Labute approximate surface area is 127 Å². The van der Waals surface area contributed by atoms with Gasteiger partial charge in [-0.05, 0) is 31.4 Å². The maximum Gasteiger partial charge on any atom is 0.160 e. The van der Waals surface area contributed by atoms with Gasteiger partial charge >= 0.3 is 0 Å². The lowest BCUT2D eigenvalue weighted by molar-refractivity contribution is -0.119. The van der Waals surface area contributed by atoms with Crippen LogP contribution in [0.25, 0.3) is 0 Å². The summed E-state index contributed by atoms with van der Waals surface area (Å²) in [7, 11) is 0. The van der Waals surface area contributed by atoms with E-state index < -0.39 is 6.10 Å². The Balaban J connectivity index is 1.81. The quantitative estimate of drug-likeness (QED) is 0.789. The fraction of sp³-hybridized carbons (Fsp3) is 0.500. The minimum atomic E-state index is -0.583. The van der Waals surface area contributed by atoms with Gasteiger partial charge in [-0.15, -0.1) is 0 Å². The molecule has 0 aliphatic heterocycles. The third-order valence-corrected chi connectivity index (χ3v) is 4.23. The monoisotopic (exact) mass is 287 g/mol. The van der Waals surface area contributed by atoms with E-state index in [4.69, 9.17) is 0 Å². The van der Waals surface area contributed by atoms with Gasteiger partial charge in [-0.3, -0.25) is 4.79 Å². The number of aliphatic hydroxyl groups is 1. The van der Waals surface area contributed by atoms with E-state index in [1.807, 2.05) is 37.3 Å². The molecule has 2 unspecified atom stereocenters. The fourth-order valence-corrected chi connectivity index (χ4v) is 2.84. The van der Waals surface area contributed by atoms with Gasteiger partial charge in [0.2, 0.25) is 0 Å². The summed E-state index contributed by atoms with van der Waals surface area (Å²) in [5.74, 6) is 0.412. The van der Waals surface area contributed by atoms with Crippen LogP contribution in [0.1, 0.15) is 50.7 Å². The summed E-state index contributed by atoms with van der Waals surface area (Å²) < 4.78 is 0. The van der Waals surface area contributed by atoms with Crippen LogP contribution in [0.5, 0.6) is 0 Å². The number of ketones is 1. The largest absolute Gasteiger partial charge is 0.386 e. The van der Waals surface area contributed by atoms with Crippen molar-refractivity contribution in [2.24, 2.45) is 5.92 Å². The van der Waals surface area contributed by atoms with E-state index >= 15 is 0 Å². The Morgan fingerprint density at radius 3 is 2.57 bits per heavy atom. The highest BCUT2D eigenvalue weighted by molar-refractivity contribution is 5.91. The molecule has 3 nitrogen and oxygen atoms in total. The molecule has 2 rings (SSSR count). The SMILES string of the molecule is CC(N/C=C/C(=O)C1CCCCC1)C(O)c1ccccc1. The zero-order valence-corrected chi connectivity index (χ0v) is 12.7. The van der Waals surface area contributed by atoms with Crippen molar-refractivity contribution in [3.63, 3.8) is 0 Å². The number of hydrogen-bond acceptors (Lipinski definition) is 3. The van der Waals surface area contributed by atoms with Crippen LogP contribution < -0.4 is 5.32 Å². The molecule has 0 saturated heterocycles. The maximum absolute atomic E-state index is 12.0. The number of nitrogens with one attached hydrogen (secondary N) is 1. The minimum Gasteiger partial charge on any atom is -0.386 e. The van der Waals surface area contributed by atoms with Crippen LogP contribution in [0.15, 0.2) is 42.6 Å². The molecule has 114 valence electrons. The summed E-state index contributed by atoms with van der Waals surface area (Å²) in [5.41, 5.74) is 0.879. The Morgan fingerprint density at radius 1 is 1.24 bits per heavy atom. The lowest BCUT2D eigenvalue weighted by Gasteiger charge is -2.20. The summed E-state index contributed by atoms with van der Waals surface area (Å²) >= 11 is 0. The summed E-state index contributed by atoms with van der Waals surface area (Å²) in [6.07, 6.45) is 8.36. The van der Waals surface area contributed by atoms with Gasteiger partial charge in [0.15, 0.2) is 5.78 Å². The van der Waals surface area contributed by atoms with Gasteiger partial charge in [-0.25, -0.2) is 0 Å². The van der Waals surface area contributed by atoms with Crippen LogP contribution in [0, 0.1) is 5.92 Å². The van der Waals surface area contributed by atoms with E-state index in [-0.39, 0.29) is 17.7 Å². The number of aliphatic hydroxyl groups excluding tert-OH is 1. The molecule has 1 fully saturated rings. The van der Waals surface area contributed by atoms with Crippen molar-refractivity contribution in [2.75, 3.05) is 0 Å². The molecule has 0 radical (unpaired) electrons. The topological polar surface area (TPSA) is 49.3 Å². The first-order valence-electron chi connectivity index (χ1n) is 7.88. The number of hydrogen-bond donors (Lipinski definition) is 2. The molecule has 0 heterocycles. The van der Waals surface area contributed by atoms with E-state index in [0.29, 0.717) is 0 Å². The minimum absolute atomic E-state index is 0.136. The van der Waals surface area contributed by atoms with Crippen molar-refractivity contribution in [1.29, 1.82) is 0 Å². The Hall–Kier alpha value is -1.61. The fourth-order valence-electron chi connectivity index (χ4n) is 2.84. The molecule has 21 heavy (non-hydrogen) atoms. The average Bonchev–Trinajstić information content (AvgIpc) is 2.55. The number of benzene rings is 1. The Morgan fingerprint density at radius 2 is 1.90 bits per heavy atom. The van der Waals surface area contributed by atoms with Gasteiger partial charge in [0.25, 0.3) is 0 Å². The lowest BCUT2D eigenvalue weighted by Crippen LogP contribution is -2.28. The second-order valence-electron chi connectivity index (χ2n) is 5.88. The first kappa shape index (κ1) is 15.8. The molecule has 3 heteroatoms. The standard InChI is InChI=1S/C18H25NO2/c1-14(18(21)16-10-6-3-7-11-16)19-13-12-17(20)15-8-4-2-5-9-15/h3,6-7,10-15,18-19,21H,2,4-5,8-9H2,1H3/b13-12+. The Kier molecular flexibility index (Phi) is 6.00. The van der Waals surface area contributed by atoms with Gasteiger partial charge in [0, 0.05) is 12.1 Å². The molecule has 0 bridgehead atoms. The molecule has 1 saturated carbocycles. The molecule has 2 N–H and O–H groups in total.